The van der Waals surface area contributed by atoms with Gasteiger partial charge in [0.1, 0.15) is 6.33 Å². The van der Waals surface area contributed by atoms with Gasteiger partial charge in [0.2, 0.25) is 0 Å². The molecule has 0 radical (unpaired) electrons. The molecule has 1 aromatic carbocycles. The van der Waals surface area contributed by atoms with Crippen LogP contribution in [0.3, 0.4) is 0 Å². The molecule has 1 atom stereocenters. The molecule has 0 saturated heterocycles. The lowest BCUT2D eigenvalue weighted by molar-refractivity contribution is 0.321. The molecule has 0 saturated carbocycles. The molecule has 3 nitrogen and oxygen atoms in total. The molecule has 0 bridgehead atoms. The molecule has 2 aromatic rings. The molecule has 1 unspecified atom stereocenters. The van der Waals surface area contributed by atoms with E-state index in [0.717, 1.165) is 0 Å². The highest BCUT2D eigenvalue weighted by molar-refractivity contribution is 5.17. The molecular formula is C14H19N3. The highest BCUT2D eigenvalue weighted by atomic mass is 15.1. The lowest BCUT2D eigenvalue weighted by Crippen LogP contribution is -2.16. The fourth-order valence-electron chi connectivity index (χ4n) is 1.28. The van der Waals surface area contributed by atoms with E-state index in [2.05, 4.69) is 60.2 Å². The summed E-state index contributed by atoms with van der Waals surface area (Å²) in [4.78, 5) is 9.55. The van der Waals surface area contributed by atoms with Crippen molar-refractivity contribution in [3.8, 4) is 0 Å². The van der Waals surface area contributed by atoms with Gasteiger partial charge in [-0.1, -0.05) is 30.3 Å². The molecule has 0 aliphatic heterocycles. The largest absolute Gasteiger partial charge is 0.303 e. The maximum atomic E-state index is 3.67. The molecule has 0 N–H and O–H groups in total. The Labute approximate surface area is 103 Å². The van der Waals surface area contributed by atoms with Gasteiger partial charge in [-0.05, 0) is 32.6 Å². The summed E-state index contributed by atoms with van der Waals surface area (Å²) in [6.07, 6.45) is 4.88. The van der Waals surface area contributed by atoms with Crippen molar-refractivity contribution in [1.29, 1.82) is 0 Å². The molecule has 0 aliphatic carbocycles. The second-order valence-corrected chi connectivity index (χ2v) is 3.95. The average Bonchev–Trinajstić information content (AvgIpc) is 2.41. The lowest BCUT2D eigenvalue weighted by Gasteiger charge is -2.19. The fraction of sp³-hybridized carbons (Fsp3) is 0.286. The zero-order chi connectivity index (χ0) is 12.5. The van der Waals surface area contributed by atoms with Gasteiger partial charge in [0.05, 0.1) is 0 Å². The van der Waals surface area contributed by atoms with E-state index < -0.39 is 0 Å². The van der Waals surface area contributed by atoms with Gasteiger partial charge in [0.15, 0.2) is 0 Å². The van der Waals surface area contributed by atoms with Crippen LogP contribution in [0.15, 0.2) is 55.1 Å². The molecule has 0 amide bonds. The summed E-state index contributed by atoms with van der Waals surface area (Å²) < 4.78 is 0. The summed E-state index contributed by atoms with van der Waals surface area (Å²) >= 11 is 0. The van der Waals surface area contributed by atoms with Crippen molar-refractivity contribution in [2.75, 3.05) is 14.1 Å². The fourth-order valence-corrected chi connectivity index (χ4v) is 1.28. The Hall–Kier alpha value is -1.74. The Morgan fingerprint density at radius 3 is 1.88 bits per heavy atom. The van der Waals surface area contributed by atoms with Crippen LogP contribution in [0.1, 0.15) is 18.5 Å². The van der Waals surface area contributed by atoms with Crippen LogP contribution in [0.2, 0.25) is 0 Å². The number of benzene rings is 1. The zero-order valence-electron chi connectivity index (χ0n) is 10.6. The molecule has 0 aliphatic rings. The van der Waals surface area contributed by atoms with Crippen LogP contribution in [0.4, 0.5) is 0 Å². The molecule has 17 heavy (non-hydrogen) atoms. The van der Waals surface area contributed by atoms with Crippen LogP contribution in [-0.2, 0) is 0 Å². The van der Waals surface area contributed by atoms with E-state index in [0.29, 0.717) is 6.04 Å². The molecule has 1 heterocycles. The minimum atomic E-state index is 0.510. The van der Waals surface area contributed by atoms with E-state index in [-0.39, 0.29) is 0 Å². The van der Waals surface area contributed by atoms with Gasteiger partial charge in [-0.2, -0.15) is 0 Å². The first-order valence-corrected chi connectivity index (χ1v) is 5.63. The van der Waals surface area contributed by atoms with Crippen LogP contribution in [0.5, 0.6) is 0 Å². The monoisotopic (exact) mass is 229 g/mol. The van der Waals surface area contributed by atoms with E-state index in [1.807, 2.05) is 6.07 Å². The lowest BCUT2D eigenvalue weighted by atomic mass is 10.1. The molecular weight excluding hydrogens is 210 g/mol. The predicted octanol–water partition coefficient (Wildman–Crippen LogP) is 2.79. The van der Waals surface area contributed by atoms with Crippen LogP contribution in [0.25, 0.3) is 0 Å². The average molecular weight is 229 g/mol. The number of nitrogens with zero attached hydrogens (tertiary/aromatic N) is 3. The zero-order valence-corrected chi connectivity index (χ0v) is 10.6. The second-order valence-electron chi connectivity index (χ2n) is 3.95. The molecule has 90 valence electrons. The van der Waals surface area contributed by atoms with Crippen molar-refractivity contribution in [2.24, 2.45) is 0 Å². The maximum absolute atomic E-state index is 3.67. The minimum Gasteiger partial charge on any atom is -0.303 e. The molecule has 0 spiro atoms. The third kappa shape index (κ3) is 5.22. The third-order valence-electron chi connectivity index (χ3n) is 2.53. The summed E-state index contributed by atoms with van der Waals surface area (Å²) in [5, 5.41) is 0. The standard InChI is InChI=1S/C10H15N.C4H4N2/c1-9(11(2)3)10-7-5-4-6-8-10;1-2-5-4-6-3-1/h4-9H,1-3H3;1-4H. The maximum Gasteiger partial charge on any atom is 0.115 e. The van der Waals surface area contributed by atoms with Crippen molar-refractivity contribution < 1.29 is 0 Å². The number of hydrogen-bond acceptors (Lipinski definition) is 3. The van der Waals surface area contributed by atoms with Crippen molar-refractivity contribution in [2.45, 2.75) is 13.0 Å². The van der Waals surface area contributed by atoms with E-state index >= 15 is 0 Å². The smallest absolute Gasteiger partial charge is 0.115 e. The van der Waals surface area contributed by atoms with Gasteiger partial charge >= 0.3 is 0 Å². The summed E-state index contributed by atoms with van der Waals surface area (Å²) in [7, 11) is 4.19. The highest BCUT2D eigenvalue weighted by Crippen LogP contribution is 2.15. The number of rotatable bonds is 2. The topological polar surface area (TPSA) is 29.0 Å². The Kier molecular flexibility index (Phi) is 5.89. The van der Waals surface area contributed by atoms with Crippen LogP contribution in [0, 0.1) is 0 Å². The summed E-state index contributed by atoms with van der Waals surface area (Å²) in [6, 6.07) is 12.8. The Balaban J connectivity index is 0.000000202. The Morgan fingerprint density at radius 2 is 1.53 bits per heavy atom. The van der Waals surface area contributed by atoms with Gasteiger partial charge < -0.3 is 4.90 Å². The van der Waals surface area contributed by atoms with Gasteiger partial charge in [-0.15, -0.1) is 0 Å². The van der Waals surface area contributed by atoms with E-state index in [1.54, 1.807) is 18.5 Å². The quantitative estimate of drug-likeness (QED) is 0.793. The Bertz CT molecular complexity index is 360. The normalized spacial score (nSPS) is 11.5. The van der Waals surface area contributed by atoms with Gasteiger partial charge in [0.25, 0.3) is 0 Å². The first-order valence-electron chi connectivity index (χ1n) is 5.63. The summed E-state index contributed by atoms with van der Waals surface area (Å²) in [5.74, 6) is 0. The van der Waals surface area contributed by atoms with Crippen molar-refractivity contribution in [1.82, 2.24) is 14.9 Å². The molecule has 3 heteroatoms. The minimum absolute atomic E-state index is 0.510. The first-order chi connectivity index (χ1) is 8.22. The van der Waals surface area contributed by atoms with Crippen LogP contribution < -0.4 is 0 Å². The molecule has 0 fully saturated rings. The Morgan fingerprint density at radius 1 is 0.941 bits per heavy atom. The van der Waals surface area contributed by atoms with Crippen molar-refractivity contribution in [3.63, 3.8) is 0 Å². The second kappa shape index (κ2) is 7.52. The van der Waals surface area contributed by atoms with Crippen molar-refractivity contribution >= 4 is 0 Å². The van der Waals surface area contributed by atoms with Gasteiger partial charge in [0, 0.05) is 18.4 Å². The van der Waals surface area contributed by atoms with Crippen LogP contribution >= 0.6 is 0 Å². The van der Waals surface area contributed by atoms with E-state index in [4.69, 9.17) is 0 Å². The molecule has 2 rings (SSSR count). The molecule has 1 aromatic heterocycles. The van der Waals surface area contributed by atoms with E-state index in [9.17, 15) is 0 Å². The SMILES string of the molecule is CC(c1ccccc1)N(C)C.c1cncnc1. The predicted molar refractivity (Wildman–Crippen MR) is 70.6 cm³/mol. The third-order valence-corrected chi connectivity index (χ3v) is 2.53. The van der Waals surface area contributed by atoms with Gasteiger partial charge in [-0.25, -0.2) is 9.97 Å². The number of hydrogen-bond donors (Lipinski definition) is 0. The first kappa shape index (κ1) is 13.3. The van der Waals surface area contributed by atoms with E-state index in [1.165, 1.54) is 11.9 Å². The highest BCUT2D eigenvalue weighted by Gasteiger charge is 2.04. The van der Waals surface area contributed by atoms with Crippen molar-refractivity contribution in [3.05, 3.63) is 60.7 Å². The van der Waals surface area contributed by atoms with Crippen LogP contribution in [-0.4, -0.2) is 29.0 Å². The summed E-state index contributed by atoms with van der Waals surface area (Å²) in [6.45, 7) is 2.20. The summed E-state index contributed by atoms with van der Waals surface area (Å²) in [5.41, 5.74) is 1.37. The van der Waals surface area contributed by atoms with Gasteiger partial charge in [-0.3, -0.25) is 0 Å². The number of aromatic nitrogens is 2.